The van der Waals surface area contributed by atoms with Crippen molar-refractivity contribution in [2.24, 2.45) is 0 Å². The third-order valence-corrected chi connectivity index (χ3v) is 5.76. The second-order valence-electron chi connectivity index (χ2n) is 8.70. The van der Waals surface area contributed by atoms with Crippen LogP contribution in [-0.4, -0.2) is 43.2 Å². The Labute approximate surface area is 204 Å². The van der Waals surface area contributed by atoms with E-state index < -0.39 is 0 Å². The Morgan fingerprint density at radius 3 is 2.38 bits per heavy atom. The molecule has 0 saturated heterocycles. The second-order valence-corrected chi connectivity index (χ2v) is 8.70. The molecule has 1 aliphatic carbocycles. The summed E-state index contributed by atoms with van der Waals surface area (Å²) in [4.78, 5) is 21.0. The van der Waals surface area contributed by atoms with Crippen LogP contribution in [0.2, 0.25) is 0 Å². The lowest BCUT2D eigenvalue weighted by molar-refractivity contribution is -0.0370. The van der Waals surface area contributed by atoms with Crippen LogP contribution in [0, 0.1) is 0 Å². The van der Waals surface area contributed by atoms with Gasteiger partial charge in [0.2, 0.25) is 0 Å². The zero-order valence-corrected chi connectivity index (χ0v) is 20.5. The second kappa shape index (κ2) is 14.4. The number of carbonyl (C=O) groups excluding carboxylic acids is 1. The molecule has 0 spiro atoms. The van der Waals surface area contributed by atoms with Crippen LogP contribution in [0.3, 0.4) is 0 Å². The van der Waals surface area contributed by atoms with E-state index in [1.54, 1.807) is 12.1 Å². The van der Waals surface area contributed by atoms with Gasteiger partial charge in [-0.15, -0.1) is 0 Å². The first-order valence-electron chi connectivity index (χ1n) is 12.5. The van der Waals surface area contributed by atoms with Gasteiger partial charge in [0.25, 0.3) is 0 Å². The molecule has 0 heterocycles. The number of hydroxylamine groups is 1. The molecule has 0 radical (unpaired) electrons. The maximum absolute atomic E-state index is 12.7. The normalized spacial score (nSPS) is 15.7. The zero-order chi connectivity index (χ0) is 24.0. The van der Waals surface area contributed by atoms with Gasteiger partial charge in [0, 0.05) is 6.54 Å². The van der Waals surface area contributed by atoms with Crippen LogP contribution in [0.15, 0.2) is 78.0 Å². The molecule has 0 aliphatic heterocycles. The quantitative estimate of drug-likeness (QED) is 0.292. The Bertz CT molecular complexity index is 919. The molecule has 0 fully saturated rings. The van der Waals surface area contributed by atoms with Gasteiger partial charge in [-0.2, -0.15) is 0 Å². The number of hydrogen-bond donors (Lipinski definition) is 1. The van der Waals surface area contributed by atoms with Gasteiger partial charge >= 0.3 is 5.97 Å². The van der Waals surface area contributed by atoms with Crippen LogP contribution in [0.5, 0.6) is 0 Å². The summed E-state index contributed by atoms with van der Waals surface area (Å²) in [6.45, 7) is 7.20. The lowest BCUT2D eigenvalue weighted by Crippen LogP contribution is -2.40. The number of nitrogens with one attached hydrogen (secondary N) is 1. The molecular formula is C29H38N2O3. The Balaban J connectivity index is 1.64. The Morgan fingerprint density at radius 1 is 1.03 bits per heavy atom. The molecule has 5 nitrogen and oxygen atoms in total. The van der Waals surface area contributed by atoms with Crippen molar-refractivity contribution in [2.45, 2.75) is 52.1 Å². The van der Waals surface area contributed by atoms with E-state index >= 15 is 0 Å². The summed E-state index contributed by atoms with van der Waals surface area (Å²) in [6, 6.07) is 19.5. The standard InChI is InChI=1S/C29H38N2O3/c1-3-19-31(20-4-2)22-27(34-29(32)25-15-9-6-10-16-25)23-33-30-28-18-12-11-17-26(28)21-24-13-7-5-8-14-24/h5-10,13-16,18,21,27,30H,3-4,11-12,17,19-20,22-23H2,1-2H3/t27-/m0/s1. The van der Waals surface area contributed by atoms with Crippen LogP contribution in [0.25, 0.3) is 6.08 Å². The fourth-order valence-electron chi connectivity index (χ4n) is 4.16. The number of hydrogen-bond acceptors (Lipinski definition) is 5. The van der Waals surface area contributed by atoms with Gasteiger partial charge in [-0.3, -0.25) is 15.2 Å². The SMILES string of the molecule is CCCN(CCC)C[C@@H](CONC1=CCCCC1=Cc1ccccc1)OC(=O)c1ccccc1. The molecule has 3 rings (SSSR count). The van der Waals surface area contributed by atoms with Crippen molar-refractivity contribution in [3.63, 3.8) is 0 Å². The van der Waals surface area contributed by atoms with Gasteiger partial charge in [-0.1, -0.05) is 68.5 Å². The van der Waals surface area contributed by atoms with E-state index in [1.165, 1.54) is 11.1 Å². The van der Waals surface area contributed by atoms with Crippen LogP contribution in [-0.2, 0) is 9.57 Å². The largest absolute Gasteiger partial charge is 0.455 e. The highest BCUT2D eigenvalue weighted by atomic mass is 16.7. The minimum absolute atomic E-state index is 0.276. The van der Waals surface area contributed by atoms with Crippen molar-refractivity contribution in [1.29, 1.82) is 0 Å². The van der Waals surface area contributed by atoms with Crippen LogP contribution >= 0.6 is 0 Å². The molecule has 2 aromatic carbocycles. The number of benzene rings is 2. The number of ether oxygens (including phenoxy) is 1. The summed E-state index contributed by atoms with van der Waals surface area (Å²) in [7, 11) is 0. The lowest BCUT2D eigenvalue weighted by atomic mass is 9.97. The molecule has 1 atom stereocenters. The monoisotopic (exact) mass is 462 g/mol. The van der Waals surface area contributed by atoms with Crippen molar-refractivity contribution in [3.05, 3.63) is 89.1 Å². The predicted octanol–water partition coefficient (Wildman–Crippen LogP) is 6.01. The smallest absolute Gasteiger partial charge is 0.338 e. The number of allylic oxidation sites excluding steroid dienone is 2. The third-order valence-electron chi connectivity index (χ3n) is 5.76. The van der Waals surface area contributed by atoms with Gasteiger partial charge < -0.3 is 4.74 Å². The van der Waals surface area contributed by atoms with E-state index in [-0.39, 0.29) is 18.7 Å². The molecule has 5 heteroatoms. The molecule has 0 bridgehead atoms. The summed E-state index contributed by atoms with van der Waals surface area (Å²) in [6.07, 6.45) is 9.28. The minimum Gasteiger partial charge on any atom is -0.455 e. The highest BCUT2D eigenvalue weighted by Gasteiger charge is 2.20. The highest BCUT2D eigenvalue weighted by molar-refractivity contribution is 5.89. The zero-order valence-electron chi connectivity index (χ0n) is 20.5. The van der Waals surface area contributed by atoms with E-state index in [9.17, 15) is 4.79 Å². The van der Waals surface area contributed by atoms with Gasteiger partial charge in [0.1, 0.15) is 12.7 Å². The molecule has 1 aliphatic rings. The predicted molar refractivity (Wildman–Crippen MR) is 138 cm³/mol. The molecular weight excluding hydrogens is 424 g/mol. The van der Waals surface area contributed by atoms with E-state index in [0.717, 1.165) is 50.9 Å². The molecule has 1 N–H and O–H groups in total. The molecule has 0 aromatic heterocycles. The fourth-order valence-corrected chi connectivity index (χ4v) is 4.16. The third kappa shape index (κ3) is 8.47. The summed E-state index contributed by atoms with van der Waals surface area (Å²) in [5.41, 5.74) is 7.12. The Hall–Kier alpha value is -2.89. The highest BCUT2D eigenvalue weighted by Crippen LogP contribution is 2.24. The van der Waals surface area contributed by atoms with Crippen molar-refractivity contribution in [3.8, 4) is 0 Å². The molecule has 0 unspecified atom stereocenters. The van der Waals surface area contributed by atoms with Crippen LogP contribution in [0.1, 0.15) is 61.9 Å². The van der Waals surface area contributed by atoms with Crippen LogP contribution in [0.4, 0.5) is 0 Å². The first-order chi connectivity index (χ1) is 16.7. The summed E-state index contributed by atoms with van der Waals surface area (Å²) < 4.78 is 5.89. The van der Waals surface area contributed by atoms with Crippen molar-refractivity contribution >= 4 is 12.0 Å². The average molecular weight is 463 g/mol. The van der Waals surface area contributed by atoms with Crippen molar-refractivity contribution in [1.82, 2.24) is 10.4 Å². The molecule has 0 amide bonds. The maximum Gasteiger partial charge on any atom is 0.338 e. The van der Waals surface area contributed by atoms with Crippen molar-refractivity contribution < 1.29 is 14.4 Å². The number of esters is 1. The van der Waals surface area contributed by atoms with E-state index in [1.807, 2.05) is 36.4 Å². The molecule has 2 aromatic rings. The summed E-state index contributed by atoms with van der Waals surface area (Å²) in [5.74, 6) is -0.316. The lowest BCUT2D eigenvalue weighted by Gasteiger charge is -2.27. The van der Waals surface area contributed by atoms with Crippen LogP contribution < -0.4 is 5.48 Å². The average Bonchev–Trinajstić information content (AvgIpc) is 2.86. The number of carbonyl (C=O) groups is 1. The first kappa shape index (κ1) is 25.7. The fraction of sp³-hybridized carbons (Fsp3) is 0.414. The first-order valence-corrected chi connectivity index (χ1v) is 12.5. The number of rotatable bonds is 13. The van der Waals surface area contributed by atoms with E-state index in [4.69, 9.17) is 9.57 Å². The van der Waals surface area contributed by atoms with E-state index in [2.05, 4.69) is 48.5 Å². The summed E-state index contributed by atoms with van der Waals surface area (Å²) >= 11 is 0. The molecule has 34 heavy (non-hydrogen) atoms. The van der Waals surface area contributed by atoms with E-state index in [0.29, 0.717) is 12.1 Å². The topological polar surface area (TPSA) is 50.8 Å². The van der Waals surface area contributed by atoms with Gasteiger partial charge in [0.15, 0.2) is 0 Å². The molecule has 0 saturated carbocycles. The van der Waals surface area contributed by atoms with Crippen molar-refractivity contribution in [2.75, 3.05) is 26.2 Å². The number of nitrogens with zero attached hydrogens (tertiary/aromatic N) is 1. The summed E-state index contributed by atoms with van der Waals surface area (Å²) in [5, 5.41) is 0. The van der Waals surface area contributed by atoms with Gasteiger partial charge in [-0.25, -0.2) is 4.79 Å². The van der Waals surface area contributed by atoms with Gasteiger partial charge in [-0.05, 0) is 74.5 Å². The Kier molecular flexibility index (Phi) is 10.9. The Morgan fingerprint density at radius 2 is 1.71 bits per heavy atom. The molecule has 182 valence electrons. The van der Waals surface area contributed by atoms with Gasteiger partial charge in [0.05, 0.1) is 11.3 Å². The maximum atomic E-state index is 12.7. The minimum atomic E-state index is -0.371.